The molecule has 0 radical (unpaired) electrons. The van der Waals surface area contributed by atoms with Crippen LogP contribution in [0.25, 0.3) is 11.5 Å². The van der Waals surface area contributed by atoms with Gasteiger partial charge < -0.3 is 4.90 Å². The van der Waals surface area contributed by atoms with Gasteiger partial charge in [-0.05, 0) is 47.0 Å². The van der Waals surface area contributed by atoms with Gasteiger partial charge in [0, 0.05) is 31.4 Å². The van der Waals surface area contributed by atoms with E-state index in [1.807, 2.05) is 53.4 Å². The van der Waals surface area contributed by atoms with Crippen LogP contribution in [-0.2, 0) is 6.54 Å². The molecule has 3 heterocycles. The topological polar surface area (TPSA) is 76.8 Å². The third-order valence-electron chi connectivity index (χ3n) is 4.45. The first-order valence-corrected chi connectivity index (χ1v) is 8.33. The Morgan fingerprint density at radius 3 is 2.76 bits per heavy atom. The summed E-state index contributed by atoms with van der Waals surface area (Å²) in [6.07, 6.45) is 2.67. The molecule has 0 aliphatic carbocycles. The fourth-order valence-corrected chi connectivity index (χ4v) is 3.18. The first kappa shape index (κ1) is 15.4. The number of aromatic nitrogens is 5. The molecule has 7 nitrogen and oxygen atoms in total. The van der Waals surface area contributed by atoms with Crippen molar-refractivity contribution in [2.45, 2.75) is 13.0 Å². The second-order valence-electron chi connectivity index (χ2n) is 6.17. The third-order valence-corrected chi connectivity index (χ3v) is 4.45. The van der Waals surface area contributed by atoms with Crippen LogP contribution in [0.5, 0.6) is 0 Å². The van der Waals surface area contributed by atoms with Gasteiger partial charge in [-0.1, -0.05) is 24.3 Å². The summed E-state index contributed by atoms with van der Waals surface area (Å²) in [7, 11) is 0. The highest BCUT2D eigenvalue weighted by molar-refractivity contribution is 5.94. The van der Waals surface area contributed by atoms with Crippen LogP contribution in [0.3, 0.4) is 0 Å². The SMILES string of the molecule is O=C(c1ccccc1)N1CCC(Cn2nnnc2-c2ccccn2)C1. The van der Waals surface area contributed by atoms with Gasteiger partial charge in [-0.25, -0.2) is 4.68 Å². The Kier molecular flexibility index (Phi) is 4.20. The van der Waals surface area contributed by atoms with Gasteiger partial charge in [-0.3, -0.25) is 9.78 Å². The smallest absolute Gasteiger partial charge is 0.253 e. The van der Waals surface area contributed by atoms with Crippen molar-refractivity contribution in [2.75, 3.05) is 13.1 Å². The number of likely N-dealkylation sites (tertiary alicyclic amines) is 1. The van der Waals surface area contributed by atoms with Crippen molar-refractivity contribution < 1.29 is 4.79 Å². The van der Waals surface area contributed by atoms with Crippen molar-refractivity contribution in [3.05, 3.63) is 60.3 Å². The molecular weight excluding hydrogens is 316 g/mol. The molecule has 1 aliphatic rings. The van der Waals surface area contributed by atoms with Crippen molar-refractivity contribution >= 4 is 5.91 Å². The number of benzene rings is 1. The van der Waals surface area contributed by atoms with E-state index in [1.165, 1.54) is 0 Å². The lowest BCUT2D eigenvalue weighted by molar-refractivity contribution is 0.0785. The molecule has 0 bridgehead atoms. The summed E-state index contributed by atoms with van der Waals surface area (Å²) >= 11 is 0. The van der Waals surface area contributed by atoms with Gasteiger partial charge in [-0.15, -0.1) is 5.10 Å². The van der Waals surface area contributed by atoms with Crippen LogP contribution >= 0.6 is 0 Å². The summed E-state index contributed by atoms with van der Waals surface area (Å²) in [6, 6.07) is 15.1. The minimum Gasteiger partial charge on any atom is -0.338 e. The summed E-state index contributed by atoms with van der Waals surface area (Å²) in [5, 5.41) is 12.0. The first-order chi connectivity index (χ1) is 12.3. The second-order valence-corrected chi connectivity index (χ2v) is 6.17. The standard InChI is InChI=1S/C18H18N6O/c25-18(15-6-2-1-3-7-15)23-11-9-14(12-23)13-24-17(20-21-22-24)16-8-4-5-10-19-16/h1-8,10,14H,9,11-13H2. The number of hydrogen-bond acceptors (Lipinski definition) is 5. The molecule has 3 aromatic rings. The minimum absolute atomic E-state index is 0.0877. The Morgan fingerprint density at radius 2 is 1.96 bits per heavy atom. The molecule has 1 amide bonds. The molecule has 4 rings (SSSR count). The van der Waals surface area contributed by atoms with E-state index in [0.29, 0.717) is 18.3 Å². The quantitative estimate of drug-likeness (QED) is 0.728. The van der Waals surface area contributed by atoms with E-state index in [-0.39, 0.29) is 5.91 Å². The fourth-order valence-electron chi connectivity index (χ4n) is 3.18. The van der Waals surface area contributed by atoms with Gasteiger partial charge in [0.15, 0.2) is 0 Å². The molecule has 0 N–H and O–H groups in total. The number of amides is 1. The fraction of sp³-hybridized carbons (Fsp3) is 0.278. The van der Waals surface area contributed by atoms with Gasteiger partial charge in [0.05, 0.1) is 0 Å². The first-order valence-electron chi connectivity index (χ1n) is 8.33. The van der Waals surface area contributed by atoms with Crippen molar-refractivity contribution in [1.29, 1.82) is 0 Å². The molecule has 7 heteroatoms. The summed E-state index contributed by atoms with van der Waals surface area (Å²) in [5.74, 6) is 1.08. The van der Waals surface area contributed by atoms with Gasteiger partial charge in [-0.2, -0.15) is 0 Å². The Morgan fingerprint density at radius 1 is 1.12 bits per heavy atom. The van der Waals surface area contributed by atoms with Crippen LogP contribution in [0.1, 0.15) is 16.8 Å². The molecule has 1 aromatic carbocycles. The highest BCUT2D eigenvalue weighted by Gasteiger charge is 2.28. The lowest BCUT2D eigenvalue weighted by atomic mass is 10.1. The van der Waals surface area contributed by atoms with Crippen LogP contribution in [0.4, 0.5) is 0 Å². The molecular formula is C18H18N6O. The molecule has 1 atom stereocenters. The van der Waals surface area contributed by atoms with Crippen LogP contribution in [0.15, 0.2) is 54.7 Å². The highest BCUT2D eigenvalue weighted by atomic mass is 16.2. The molecule has 2 aromatic heterocycles. The predicted molar refractivity (Wildman–Crippen MR) is 91.5 cm³/mol. The molecule has 1 saturated heterocycles. The van der Waals surface area contributed by atoms with Crippen LogP contribution in [0, 0.1) is 5.92 Å². The Labute approximate surface area is 145 Å². The summed E-state index contributed by atoms with van der Waals surface area (Å²) in [4.78, 5) is 18.8. The van der Waals surface area contributed by atoms with Crippen LogP contribution in [-0.4, -0.2) is 49.1 Å². The molecule has 25 heavy (non-hydrogen) atoms. The number of carbonyl (C=O) groups excluding carboxylic acids is 1. The number of hydrogen-bond donors (Lipinski definition) is 0. The van der Waals surface area contributed by atoms with Gasteiger partial charge in [0.25, 0.3) is 5.91 Å². The summed E-state index contributed by atoms with van der Waals surface area (Å²) in [6.45, 7) is 2.16. The van der Waals surface area contributed by atoms with Crippen molar-refractivity contribution in [3.63, 3.8) is 0 Å². The zero-order valence-corrected chi connectivity index (χ0v) is 13.7. The van der Waals surface area contributed by atoms with Gasteiger partial charge in [0.2, 0.25) is 5.82 Å². The molecule has 0 spiro atoms. The van der Waals surface area contributed by atoms with E-state index in [2.05, 4.69) is 20.5 Å². The van der Waals surface area contributed by atoms with Crippen molar-refractivity contribution in [1.82, 2.24) is 30.1 Å². The van der Waals surface area contributed by atoms with E-state index >= 15 is 0 Å². The minimum atomic E-state index is 0.0877. The molecule has 0 saturated carbocycles. The average molecular weight is 334 g/mol. The Balaban J connectivity index is 1.44. The van der Waals surface area contributed by atoms with Gasteiger partial charge in [0.1, 0.15) is 5.69 Å². The van der Waals surface area contributed by atoms with E-state index in [9.17, 15) is 4.79 Å². The van der Waals surface area contributed by atoms with E-state index < -0.39 is 0 Å². The predicted octanol–water partition coefficient (Wildman–Crippen LogP) is 1.90. The van der Waals surface area contributed by atoms with E-state index in [0.717, 1.165) is 30.8 Å². The highest BCUT2D eigenvalue weighted by Crippen LogP contribution is 2.22. The monoisotopic (exact) mass is 334 g/mol. The number of carbonyl (C=O) groups is 1. The summed E-state index contributed by atoms with van der Waals surface area (Å²) in [5.41, 5.74) is 1.49. The molecule has 126 valence electrons. The maximum Gasteiger partial charge on any atom is 0.253 e. The average Bonchev–Trinajstić information content (AvgIpc) is 3.33. The Hall–Kier alpha value is -3.09. The van der Waals surface area contributed by atoms with E-state index in [4.69, 9.17) is 0 Å². The maximum atomic E-state index is 12.6. The lowest BCUT2D eigenvalue weighted by Gasteiger charge is -2.16. The second kappa shape index (κ2) is 6.80. The molecule has 1 fully saturated rings. The summed E-state index contributed by atoms with van der Waals surface area (Å²) < 4.78 is 1.78. The van der Waals surface area contributed by atoms with E-state index in [1.54, 1.807) is 10.9 Å². The largest absolute Gasteiger partial charge is 0.338 e. The Bertz CT molecular complexity index is 848. The molecule has 1 unspecified atom stereocenters. The normalized spacial score (nSPS) is 17.0. The van der Waals surface area contributed by atoms with Crippen molar-refractivity contribution in [2.24, 2.45) is 5.92 Å². The van der Waals surface area contributed by atoms with Crippen molar-refractivity contribution in [3.8, 4) is 11.5 Å². The number of rotatable bonds is 4. The zero-order valence-electron chi connectivity index (χ0n) is 13.7. The molecule has 1 aliphatic heterocycles. The maximum absolute atomic E-state index is 12.6. The lowest BCUT2D eigenvalue weighted by Crippen LogP contribution is -2.29. The number of nitrogens with zero attached hydrogens (tertiary/aromatic N) is 6. The third kappa shape index (κ3) is 3.26. The number of tetrazole rings is 1. The van der Waals surface area contributed by atoms with Crippen LogP contribution < -0.4 is 0 Å². The van der Waals surface area contributed by atoms with Gasteiger partial charge >= 0.3 is 0 Å². The number of pyridine rings is 1. The van der Waals surface area contributed by atoms with Crippen LogP contribution in [0.2, 0.25) is 0 Å². The zero-order chi connectivity index (χ0) is 17.1.